The number of nitrogens with one attached hydrogen (secondary N) is 2. The van der Waals surface area contributed by atoms with Crippen LogP contribution < -0.4 is 15.2 Å². The Kier molecular flexibility index (Phi) is 15.1. The molecule has 1 aliphatic rings. The van der Waals surface area contributed by atoms with Crippen molar-refractivity contribution < 1.29 is 9.36 Å². The van der Waals surface area contributed by atoms with E-state index in [0.29, 0.717) is 24.2 Å². The fourth-order valence-corrected chi connectivity index (χ4v) is 7.38. The highest BCUT2D eigenvalue weighted by molar-refractivity contribution is 5.75. The highest BCUT2D eigenvalue weighted by Crippen LogP contribution is 2.38. The van der Waals surface area contributed by atoms with Crippen LogP contribution in [0.5, 0.6) is 0 Å². The number of aromatic nitrogens is 3. The SMILES string of the molecule is CCC(CC(CC(C)c1ccccc1)c1ccncc1)c1cc[n+](CCCCC(=O)NCCCCCCN2C=CNC2c2cccc(C)n2)cc1. The number of hydrogen-bond acceptors (Lipinski definition) is 5. The fraction of sp³-hybridized carbons (Fsp3) is 0.455. The molecule has 5 rings (SSSR count). The molecule has 270 valence electrons. The van der Waals surface area contributed by atoms with E-state index in [2.05, 4.69) is 129 Å². The number of aryl methyl sites for hydroxylation is 2. The van der Waals surface area contributed by atoms with Gasteiger partial charge >= 0.3 is 0 Å². The maximum Gasteiger partial charge on any atom is 0.219 e. The number of carbonyl (C=O) groups is 1. The zero-order valence-electron chi connectivity index (χ0n) is 31.1. The van der Waals surface area contributed by atoms with Gasteiger partial charge in [0, 0.05) is 68.6 Å². The van der Waals surface area contributed by atoms with Crippen molar-refractivity contribution in [2.24, 2.45) is 0 Å². The molecule has 4 heterocycles. The number of nitrogens with zero attached hydrogens (tertiary/aromatic N) is 4. The van der Waals surface area contributed by atoms with Gasteiger partial charge in [0.05, 0.1) is 5.69 Å². The highest BCUT2D eigenvalue weighted by Gasteiger charge is 2.23. The van der Waals surface area contributed by atoms with Gasteiger partial charge in [-0.05, 0) is 104 Å². The number of hydrogen-bond donors (Lipinski definition) is 2. The van der Waals surface area contributed by atoms with Crippen molar-refractivity contribution >= 4 is 5.91 Å². The lowest BCUT2D eigenvalue weighted by Crippen LogP contribution is -2.33. The molecule has 0 spiro atoms. The van der Waals surface area contributed by atoms with E-state index >= 15 is 0 Å². The van der Waals surface area contributed by atoms with Gasteiger partial charge in [-0.15, -0.1) is 0 Å². The Morgan fingerprint density at radius 3 is 2.37 bits per heavy atom. The number of pyridine rings is 3. The Morgan fingerprint density at radius 1 is 0.843 bits per heavy atom. The summed E-state index contributed by atoms with van der Waals surface area (Å²) in [6.07, 6.45) is 22.8. The molecule has 7 nitrogen and oxygen atoms in total. The minimum absolute atomic E-state index is 0.122. The van der Waals surface area contributed by atoms with E-state index < -0.39 is 0 Å². The third-order valence-corrected chi connectivity index (χ3v) is 10.4. The molecule has 0 saturated heterocycles. The summed E-state index contributed by atoms with van der Waals surface area (Å²) in [6.45, 7) is 9.39. The van der Waals surface area contributed by atoms with Gasteiger partial charge in [0.15, 0.2) is 12.4 Å². The summed E-state index contributed by atoms with van der Waals surface area (Å²) in [5.74, 6) is 1.63. The third kappa shape index (κ3) is 12.0. The van der Waals surface area contributed by atoms with Gasteiger partial charge < -0.3 is 15.5 Å². The third-order valence-electron chi connectivity index (χ3n) is 10.4. The molecule has 51 heavy (non-hydrogen) atoms. The molecule has 0 bridgehead atoms. The quantitative estimate of drug-likeness (QED) is 0.0677. The monoisotopic (exact) mass is 687 g/mol. The van der Waals surface area contributed by atoms with Gasteiger partial charge in [-0.2, -0.15) is 0 Å². The summed E-state index contributed by atoms with van der Waals surface area (Å²) in [7, 11) is 0. The summed E-state index contributed by atoms with van der Waals surface area (Å²) < 4.78 is 2.26. The molecule has 1 aliphatic heterocycles. The fourth-order valence-electron chi connectivity index (χ4n) is 7.38. The molecule has 4 aromatic rings. The van der Waals surface area contributed by atoms with Crippen LogP contribution in [0.15, 0.2) is 110 Å². The Balaban J connectivity index is 0.961. The number of benzene rings is 1. The molecule has 4 unspecified atom stereocenters. The van der Waals surface area contributed by atoms with E-state index in [0.717, 1.165) is 88.8 Å². The minimum atomic E-state index is 0.122. The Bertz CT molecular complexity index is 1610. The molecule has 1 aromatic carbocycles. The van der Waals surface area contributed by atoms with Crippen molar-refractivity contribution in [2.75, 3.05) is 13.1 Å². The Labute approximate surface area is 306 Å². The molecule has 0 radical (unpaired) electrons. The second kappa shape index (κ2) is 20.4. The Morgan fingerprint density at radius 2 is 1.61 bits per heavy atom. The molecule has 0 aliphatic carbocycles. The number of carbonyl (C=O) groups excluding carboxylic acids is 1. The minimum Gasteiger partial charge on any atom is -0.365 e. The van der Waals surface area contributed by atoms with Crippen molar-refractivity contribution in [3.63, 3.8) is 0 Å². The molecule has 0 fully saturated rings. The predicted molar refractivity (Wildman–Crippen MR) is 207 cm³/mol. The zero-order chi connectivity index (χ0) is 35.7. The first-order valence-corrected chi connectivity index (χ1v) is 19.3. The second-order valence-corrected chi connectivity index (χ2v) is 14.3. The van der Waals surface area contributed by atoms with E-state index in [-0.39, 0.29) is 12.1 Å². The van der Waals surface area contributed by atoms with E-state index in [1.807, 2.05) is 31.6 Å². The van der Waals surface area contributed by atoms with Gasteiger partial charge in [-0.25, -0.2) is 4.57 Å². The lowest BCUT2D eigenvalue weighted by Gasteiger charge is -2.26. The van der Waals surface area contributed by atoms with Crippen LogP contribution in [0.25, 0.3) is 0 Å². The maximum atomic E-state index is 12.5. The predicted octanol–water partition coefficient (Wildman–Crippen LogP) is 8.86. The summed E-state index contributed by atoms with van der Waals surface area (Å²) in [6, 6.07) is 26.1. The molecule has 0 saturated carbocycles. The molecular weight excluding hydrogens is 629 g/mol. The largest absolute Gasteiger partial charge is 0.365 e. The summed E-state index contributed by atoms with van der Waals surface area (Å²) in [5, 5.41) is 6.55. The topological polar surface area (TPSA) is 74.0 Å². The van der Waals surface area contributed by atoms with Crippen molar-refractivity contribution in [3.8, 4) is 0 Å². The smallest absolute Gasteiger partial charge is 0.219 e. The molecule has 4 atom stereocenters. The van der Waals surface area contributed by atoms with Crippen LogP contribution in [0.3, 0.4) is 0 Å². The van der Waals surface area contributed by atoms with Crippen molar-refractivity contribution in [1.29, 1.82) is 0 Å². The van der Waals surface area contributed by atoms with Gasteiger partial charge in [0.2, 0.25) is 5.91 Å². The first-order chi connectivity index (χ1) is 25.0. The van der Waals surface area contributed by atoms with Gasteiger partial charge in [-0.1, -0.05) is 63.1 Å². The Hall–Kier alpha value is -4.52. The second-order valence-electron chi connectivity index (χ2n) is 14.3. The molecular formula is C44H59N6O+. The van der Waals surface area contributed by atoms with Crippen molar-refractivity contribution in [2.45, 2.75) is 115 Å². The van der Waals surface area contributed by atoms with E-state index in [9.17, 15) is 4.79 Å². The van der Waals surface area contributed by atoms with Crippen LogP contribution in [-0.2, 0) is 11.3 Å². The van der Waals surface area contributed by atoms with Gasteiger partial charge in [0.1, 0.15) is 12.7 Å². The molecule has 3 aromatic heterocycles. The number of rotatable bonds is 21. The molecule has 1 amide bonds. The first kappa shape index (κ1) is 37.7. The van der Waals surface area contributed by atoms with Crippen LogP contribution in [0.2, 0.25) is 0 Å². The van der Waals surface area contributed by atoms with Crippen LogP contribution in [0.1, 0.15) is 130 Å². The van der Waals surface area contributed by atoms with Crippen LogP contribution >= 0.6 is 0 Å². The van der Waals surface area contributed by atoms with E-state index in [1.165, 1.54) is 16.7 Å². The lowest BCUT2D eigenvalue weighted by molar-refractivity contribution is -0.697. The average molecular weight is 688 g/mol. The normalized spacial score (nSPS) is 15.7. The standard InChI is InChI=1S/C44H58N6O/c1-4-37(34-41(39-20-25-45-26-21-39)33-35(2)38-16-8-7-9-17-38)40-22-30-49(31-23-40)28-13-10-19-43(51)46-24-11-5-6-12-29-50-32-27-47-44(50)42-18-14-15-36(3)48-42/h7-9,14-18,20-23,25-27,30-32,35,37,41,44,47H,4-6,10-13,19,24,28-29,33-34H2,1-3H3/p+1. The number of unbranched alkanes of at least 4 members (excludes halogenated alkanes) is 4. The van der Waals surface area contributed by atoms with Crippen LogP contribution in [0, 0.1) is 6.92 Å². The number of amides is 1. The zero-order valence-corrected chi connectivity index (χ0v) is 31.1. The van der Waals surface area contributed by atoms with Gasteiger partial charge in [0.25, 0.3) is 0 Å². The summed E-state index contributed by atoms with van der Waals surface area (Å²) >= 11 is 0. The molecule has 7 heteroatoms. The van der Waals surface area contributed by atoms with Crippen LogP contribution in [0.4, 0.5) is 0 Å². The average Bonchev–Trinajstić information content (AvgIpc) is 3.64. The van der Waals surface area contributed by atoms with Crippen molar-refractivity contribution in [1.82, 2.24) is 25.5 Å². The first-order valence-electron chi connectivity index (χ1n) is 19.3. The summed E-state index contributed by atoms with van der Waals surface area (Å²) in [4.78, 5) is 23.8. The lowest BCUT2D eigenvalue weighted by atomic mass is 9.79. The highest BCUT2D eigenvalue weighted by atomic mass is 16.1. The van der Waals surface area contributed by atoms with Crippen LogP contribution in [-0.4, -0.2) is 33.9 Å². The molecule has 2 N–H and O–H groups in total. The van der Waals surface area contributed by atoms with E-state index in [1.54, 1.807) is 0 Å². The van der Waals surface area contributed by atoms with Gasteiger partial charge in [-0.3, -0.25) is 14.8 Å². The maximum absolute atomic E-state index is 12.5. The van der Waals surface area contributed by atoms with Crippen molar-refractivity contribution in [3.05, 3.63) is 138 Å². The summed E-state index contributed by atoms with van der Waals surface area (Å²) in [5.41, 5.74) is 6.30. The van der Waals surface area contributed by atoms with E-state index in [4.69, 9.17) is 0 Å².